The van der Waals surface area contributed by atoms with Crippen LogP contribution in [0.25, 0.3) is 0 Å². The average molecular weight is 418 g/mol. The third kappa shape index (κ3) is 5.17. The van der Waals surface area contributed by atoms with Gasteiger partial charge in [-0.25, -0.2) is 4.98 Å². The molecule has 1 aliphatic rings. The van der Waals surface area contributed by atoms with E-state index in [0.717, 1.165) is 54.6 Å². The number of hydrogen-bond acceptors (Lipinski definition) is 5. The van der Waals surface area contributed by atoms with Gasteiger partial charge in [-0.1, -0.05) is 54.6 Å². The number of benzene rings is 2. The lowest BCUT2D eigenvalue weighted by molar-refractivity contribution is 0.103. The minimum Gasteiger partial charge on any atom is -0.412 e. The number of carbonyl (C=O) groups is 1. The van der Waals surface area contributed by atoms with Crippen molar-refractivity contribution in [3.05, 3.63) is 82.4 Å². The maximum absolute atomic E-state index is 12.5. The van der Waals surface area contributed by atoms with Crippen LogP contribution >= 0.6 is 23.7 Å². The van der Waals surface area contributed by atoms with Gasteiger partial charge in [0.05, 0.1) is 5.69 Å². The molecule has 0 radical (unpaired) electrons. The van der Waals surface area contributed by atoms with Crippen LogP contribution in [0.1, 0.15) is 27.2 Å². The number of carbonyl (C=O) groups excluding carboxylic acids is 1. The van der Waals surface area contributed by atoms with Gasteiger partial charge in [0, 0.05) is 49.1 Å². The summed E-state index contributed by atoms with van der Waals surface area (Å²) in [4.78, 5) is 19.6. The standard InChI is InChI=1S/C21H21N3OS.ClH.H2O/c25-20(17-4-2-1-3-5-17)18-8-6-16(7-9-18)14-19-15-26-21(23-19)24-12-10-22-11-13-24;;/h1-9,15,22H,10-14H2;1H;1H2. The fourth-order valence-corrected chi connectivity index (χ4v) is 4.00. The Bertz CT molecular complexity index is 878. The first-order valence-corrected chi connectivity index (χ1v) is 9.76. The van der Waals surface area contributed by atoms with Crippen LogP contribution in [0.5, 0.6) is 0 Å². The van der Waals surface area contributed by atoms with Crippen LogP contribution in [0, 0.1) is 0 Å². The summed E-state index contributed by atoms with van der Waals surface area (Å²) in [7, 11) is 0. The van der Waals surface area contributed by atoms with Crippen molar-refractivity contribution < 1.29 is 10.3 Å². The number of piperazine rings is 1. The van der Waals surface area contributed by atoms with Gasteiger partial charge >= 0.3 is 0 Å². The van der Waals surface area contributed by atoms with E-state index >= 15 is 0 Å². The van der Waals surface area contributed by atoms with E-state index in [0.29, 0.717) is 0 Å². The molecule has 0 bridgehead atoms. The molecule has 1 saturated heterocycles. The molecular formula is C21H24ClN3O2S. The van der Waals surface area contributed by atoms with Crippen LogP contribution in [0.3, 0.4) is 0 Å². The van der Waals surface area contributed by atoms with Gasteiger partial charge in [0.1, 0.15) is 0 Å². The van der Waals surface area contributed by atoms with Gasteiger partial charge in [0.25, 0.3) is 0 Å². The maximum atomic E-state index is 12.5. The average Bonchev–Trinajstić information content (AvgIpc) is 3.18. The van der Waals surface area contributed by atoms with Crippen molar-refractivity contribution in [1.29, 1.82) is 0 Å². The summed E-state index contributed by atoms with van der Waals surface area (Å²) in [6.07, 6.45) is 0.794. The zero-order valence-corrected chi connectivity index (χ0v) is 17.1. The van der Waals surface area contributed by atoms with Crippen molar-refractivity contribution in [3.8, 4) is 0 Å². The quantitative estimate of drug-likeness (QED) is 0.647. The molecule has 2 heterocycles. The van der Waals surface area contributed by atoms with Crippen LogP contribution in [-0.2, 0) is 6.42 Å². The summed E-state index contributed by atoms with van der Waals surface area (Å²) >= 11 is 1.71. The zero-order chi connectivity index (χ0) is 17.8. The molecule has 1 aliphatic heterocycles. The minimum absolute atomic E-state index is 0. The van der Waals surface area contributed by atoms with Crippen molar-refractivity contribution in [2.45, 2.75) is 6.42 Å². The van der Waals surface area contributed by atoms with Gasteiger partial charge in [-0.3, -0.25) is 4.79 Å². The number of nitrogens with one attached hydrogen (secondary N) is 1. The molecule has 0 unspecified atom stereocenters. The Labute approximate surface area is 175 Å². The molecule has 0 amide bonds. The first-order valence-electron chi connectivity index (χ1n) is 8.88. The Balaban J connectivity index is 0.00000140. The Morgan fingerprint density at radius 2 is 1.64 bits per heavy atom. The van der Waals surface area contributed by atoms with Gasteiger partial charge < -0.3 is 15.7 Å². The zero-order valence-electron chi connectivity index (χ0n) is 15.4. The molecule has 28 heavy (non-hydrogen) atoms. The van der Waals surface area contributed by atoms with E-state index in [4.69, 9.17) is 4.98 Å². The third-order valence-corrected chi connectivity index (χ3v) is 5.51. The van der Waals surface area contributed by atoms with Crippen LogP contribution < -0.4 is 10.2 Å². The van der Waals surface area contributed by atoms with E-state index in [2.05, 4.69) is 15.6 Å². The second kappa shape index (κ2) is 10.3. The fourth-order valence-electron chi connectivity index (χ4n) is 3.12. The summed E-state index contributed by atoms with van der Waals surface area (Å²) in [6, 6.07) is 17.3. The molecule has 1 aromatic heterocycles. The highest BCUT2D eigenvalue weighted by molar-refractivity contribution is 7.13. The lowest BCUT2D eigenvalue weighted by Crippen LogP contribution is -2.43. The van der Waals surface area contributed by atoms with Gasteiger partial charge in [0.15, 0.2) is 10.9 Å². The Kier molecular flexibility index (Phi) is 8.14. The Morgan fingerprint density at radius 3 is 2.32 bits per heavy atom. The second-order valence-corrected chi connectivity index (χ2v) is 7.26. The monoisotopic (exact) mass is 417 g/mol. The van der Waals surface area contributed by atoms with Crippen LogP contribution in [0.2, 0.25) is 0 Å². The number of hydrogen-bond donors (Lipinski definition) is 1. The summed E-state index contributed by atoms with van der Waals surface area (Å²) < 4.78 is 0. The first kappa shape index (κ1) is 22.0. The predicted octanol–water partition coefficient (Wildman–Crippen LogP) is 2.97. The lowest BCUT2D eigenvalue weighted by Gasteiger charge is -2.26. The molecule has 0 spiro atoms. The molecule has 148 valence electrons. The molecule has 0 aliphatic carbocycles. The van der Waals surface area contributed by atoms with Crippen molar-refractivity contribution >= 4 is 34.7 Å². The Morgan fingerprint density at radius 1 is 1.00 bits per heavy atom. The number of anilines is 1. The minimum atomic E-state index is 0. The number of ketones is 1. The highest BCUT2D eigenvalue weighted by Crippen LogP contribution is 2.23. The summed E-state index contributed by atoms with van der Waals surface area (Å²) in [5.74, 6) is 0.0619. The number of rotatable bonds is 5. The molecule has 0 atom stereocenters. The topological polar surface area (TPSA) is 76.7 Å². The second-order valence-electron chi connectivity index (χ2n) is 6.43. The molecule has 0 saturated carbocycles. The first-order chi connectivity index (χ1) is 12.8. The third-order valence-electron chi connectivity index (χ3n) is 4.56. The summed E-state index contributed by atoms with van der Waals surface area (Å²) in [5.41, 5.74) is 3.71. The smallest absolute Gasteiger partial charge is 0.193 e. The number of halogens is 1. The van der Waals surface area contributed by atoms with Crippen LogP contribution in [-0.4, -0.2) is 42.4 Å². The molecular weight excluding hydrogens is 394 g/mol. The largest absolute Gasteiger partial charge is 0.412 e. The highest BCUT2D eigenvalue weighted by atomic mass is 35.5. The van der Waals surface area contributed by atoms with Crippen LogP contribution in [0.15, 0.2) is 60.0 Å². The van der Waals surface area contributed by atoms with Crippen LogP contribution in [0.4, 0.5) is 5.13 Å². The lowest BCUT2D eigenvalue weighted by atomic mass is 10.0. The molecule has 3 N–H and O–H groups in total. The fraction of sp³-hybridized carbons (Fsp3) is 0.238. The molecule has 3 aromatic rings. The summed E-state index contributed by atoms with van der Waals surface area (Å²) in [6.45, 7) is 4.07. The number of thiazole rings is 1. The van der Waals surface area contributed by atoms with E-state index < -0.39 is 0 Å². The SMILES string of the molecule is Cl.O.O=C(c1ccccc1)c1ccc(Cc2csc(N3CCNCC3)n2)cc1. The van der Waals surface area contributed by atoms with E-state index in [1.54, 1.807) is 11.3 Å². The predicted molar refractivity (Wildman–Crippen MR) is 117 cm³/mol. The van der Waals surface area contributed by atoms with E-state index in [1.165, 1.54) is 5.56 Å². The molecule has 2 aromatic carbocycles. The summed E-state index contributed by atoms with van der Waals surface area (Å²) in [5, 5.41) is 6.61. The van der Waals surface area contributed by atoms with Gasteiger partial charge in [0.2, 0.25) is 0 Å². The van der Waals surface area contributed by atoms with Crippen molar-refractivity contribution in [1.82, 2.24) is 10.3 Å². The Hall–Kier alpha value is -2.25. The van der Waals surface area contributed by atoms with Crippen molar-refractivity contribution in [3.63, 3.8) is 0 Å². The van der Waals surface area contributed by atoms with E-state index in [9.17, 15) is 4.79 Å². The number of aromatic nitrogens is 1. The molecule has 4 rings (SSSR count). The normalized spacial score (nSPS) is 13.4. The van der Waals surface area contributed by atoms with Gasteiger partial charge in [-0.2, -0.15) is 0 Å². The number of nitrogens with zero attached hydrogens (tertiary/aromatic N) is 2. The van der Waals surface area contributed by atoms with Gasteiger partial charge in [-0.15, -0.1) is 23.7 Å². The van der Waals surface area contributed by atoms with E-state index in [1.807, 2.05) is 54.6 Å². The van der Waals surface area contributed by atoms with Crippen molar-refractivity contribution in [2.75, 3.05) is 31.1 Å². The van der Waals surface area contributed by atoms with Crippen molar-refractivity contribution in [2.24, 2.45) is 0 Å². The van der Waals surface area contributed by atoms with E-state index in [-0.39, 0.29) is 23.7 Å². The molecule has 7 heteroatoms. The van der Waals surface area contributed by atoms with Gasteiger partial charge in [-0.05, 0) is 5.56 Å². The highest BCUT2D eigenvalue weighted by Gasteiger charge is 2.14. The molecule has 5 nitrogen and oxygen atoms in total. The molecule has 1 fully saturated rings. The maximum Gasteiger partial charge on any atom is 0.193 e.